The third-order valence-corrected chi connectivity index (χ3v) is 2.73. The second-order valence-electron chi connectivity index (χ2n) is 3.65. The molecule has 1 nitrogen and oxygen atoms in total. The average molecular weight is 254 g/mol. The van der Waals surface area contributed by atoms with Crippen molar-refractivity contribution in [2.24, 2.45) is 11.7 Å². The normalized spacial score (nSPS) is 17.1. The lowest BCUT2D eigenvalue weighted by Gasteiger charge is -2.12. The van der Waals surface area contributed by atoms with E-state index in [0.717, 1.165) is 25.0 Å². The van der Waals surface area contributed by atoms with Gasteiger partial charge in [-0.05, 0) is 30.9 Å². The number of rotatable bonds is 2. The van der Waals surface area contributed by atoms with Crippen molar-refractivity contribution in [2.75, 3.05) is 0 Å². The lowest BCUT2D eigenvalue weighted by molar-refractivity contribution is 0.504. The van der Waals surface area contributed by atoms with Crippen LogP contribution in [0.5, 0.6) is 0 Å². The SMILES string of the molecule is Cl.N[C@@H](c1c(F)cc(Cl)cc1F)C1CC1. The first-order valence-corrected chi connectivity index (χ1v) is 4.87. The largest absolute Gasteiger partial charge is 0.324 e. The second kappa shape index (κ2) is 4.64. The molecule has 1 saturated carbocycles. The monoisotopic (exact) mass is 253 g/mol. The van der Waals surface area contributed by atoms with Crippen LogP contribution in [0.3, 0.4) is 0 Å². The van der Waals surface area contributed by atoms with Crippen molar-refractivity contribution >= 4 is 24.0 Å². The van der Waals surface area contributed by atoms with Crippen LogP contribution in [0.15, 0.2) is 12.1 Å². The van der Waals surface area contributed by atoms with Crippen molar-refractivity contribution in [3.8, 4) is 0 Å². The number of hydrogen-bond donors (Lipinski definition) is 1. The van der Waals surface area contributed by atoms with Crippen LogP contribution in [0.1, 0.15) is 24.4 Å². The summed E-state index contributed by atoms with van der Waals surface area (Å²) in [6.07, 6.45) is 1.89. The zero-order valence-electron chi connectivity index (χ0n) is 7.84. The zero-order valence-corrected chi connectivity index (χ0v) is 9.42. The summed E-state index contributed by atoms with van der Waals surface area (Å²) in [5, 5.41) is 0.0618. The average Bonchev–Trinajstić information content (AvgIpc) is 2.83. The van der Waals surface area contributed by atoms with E-state index in [1.54, 1.807) is 0 Å². The summed E-state index contributed by atoms with van der Waals surface area (Å²) in [5.41, 5.74) is 5.70. The number of nitrogens with two attached hydrogens (primary N) is 1. The highest BCUT2D eigenvalue weighted by Crippen LogP contribution is 2.41. The highest BCUT2D eigenvalue weighted by Gasteiger charge is 2.33. The van der Waals surface area contributed by atoms with Crippen LogP contribution in [0.4, 0.5) is 8.78 Å². The Morgan fingerprint density at radius 3 is 2.13 bits per heavy atom. The molecule has 5 heteroatoms. The van der Waals surface area contributed by atoms with Gasteiger partial charge in [0.25, 0.3) is 0 Å². The summed E-state index contributed by atoms with van der Waals surface area (Å²) in [6.45, 7) is 0. The van der Waals surface area contributed by atoms with E-state index in [2.05, 4.69) is 0 Å². The lowest BCUT2D eigenvalue weighted by atomic mass is 10.0. The van der Waals surface area contributed by atoms with Gasteiger partial charge in [0.1, 0.15) is 11.6 Å². The lowest BCUT2D eigenvalue weighted by Crippen LogP contribution is -2.16. The van der Waals surface area contributed by atoms with Gasteiger partial charge in [-0.2, -0.15) is 0 Å². The maximum Gasteiger partial charge on any atom is 0.132 e. The Bertz CT molecular complexity index is 343. The van der Waals surface area contributed by atoms with Crippen LogP contribution in [-0.2, 0) is 0 Å². The molecule has 0 spiro atoms. The number of hydrogen-bond acceptors (Lipinski definition) is 1. The fraction of sp³-hybridized carbons (Fsp3) is 0.400. The molecule has 1 aliphatic carbocycles. The molecule has 0 aromatic heterocycles. The first-order chi connectivity index (χ1) is 6.59. The molecular formula is C10H11Cl2F2N. The Balaban J connectivity index is 0.00000112. The summed E-state index contributed by atoms with van der Waals surface area (Å²) in [7, 11) is 0. The Kier molecular flexibility index (Phi) is 3.93. The van der Waals surface area contributed by atoms with E-state index in [1.807, 2.05) is 0 Å². The molecule has 1 aliphatic rings. The van der Waals surface area contributed by atoms with E-state index in [4.69, 9.17) is 17.3 Å². The molecule has 15 heavy (non-hydrogen) atoms. The number of benzene rings is 1. The van der Waals surface area contributed by atoms with Gasteiger partial charge in [-0.25, -0.2) is 8.78 Å². The highest BCUT2D eigenvalue weighted by molar-refractivity contribution is 6.30. The van der Waals surface area contributed by atoms with Crippen LogP contribution in [0.2, 0.25) is 5.02 Å². The van der Waals surface area contributed by atoms with E-state index in [-0.39, 0.29) is 28.9 Å². The van der Waals surface area contributed by atoms with Gasteiger partial charge in [0.15, 0.2) is 0 Å². The van der Waals surface area contributed by atoms with Gasteiger partial charge >= 0.3 is 0 Å². The maximum atomic E-state index is 13.3. The minimum Gasteiger partial charge on any atom is -0.324 e. The van der Waals surface area contributed by atoms with Crippen LogP contribution >= 0.6 is 24.0 Å². The smallest absolute Gasteiger partial charge is 0.132 e. The van der Waals surface area contributed by atoms with Crippen molar-refractivity contribution in [1.29, 1.82) is 0 Å². The summed E-state index contributed by atoms with van der Waals surface area (Å²) in [4.78, 5) is 0. The van der Waals surface area contributed by atoms with Crippen molar-refractivity contribution in [3.63, 3.8) is 0 Å². The molecule has 0 bridgehead atoms. The minimum atomic E-state index is -0.644. The van der Waals surface area contributed by atoms with Crippen molar-refractivity contribution in [1.82, 2.24) is 0 Å². The topological polar surface area (TPSA) is 26.0 Å². The van der Waals surface area contributed by atoms with E-state index in [1.165, 1.54) is 0 Å². The Labute approximate surface area is 98.0 Å². The Morgan fingerprint density at radius 2 is 1.73 bits per heavy atom. The number of halogens is 4. The van der Waals surface area contributed by atoms with E-state index < -0.39 is 17.7 Å². The predicted octanol–water partition coefficient (Wildman–Crippen LogP) is 3.45. The summed E-state index contributed by atoms with van der Waals surface area (Å²) in [6, 6.07) is 1.66. The third kappa shape index (κ3) is 2.60. The molecule has 1 aromatic carbocycles. The van der Waals surface area contributed by atoms with Gasteiger partial charge in [0, 0.05) is 16.6 Å². The van der Waals surface area contributed by atoms with Gasteiger partial charge in [0.2, 0.25) is 0 Å². The van der Waals surface area contributed by atoms with Gasteiger partial charge < -0.3 is 5.73 Å². The summed E-state index contributed by atoms with van der Waals surface area (Å²) >= 11 is 5.50. The second-order valence-corrected chi connectivity index (χ2v) is 4.08. The molecule has 0 aliphatic heterocycles. The van der Waals surface area contributed by atoms with Gasteiger partial charge in [-0.1, -0.05) is 11.6 Å². The quantitative estimate of drug-likeness (QED) is 0.859. The standard InChI is InChI=1S/C10H10ClF2N.ClH/c11-6-3-7(12)9(8(13)4-6)10(14)5-1-2-5;/h3-5,10H,1-2,14H2;1H/t10-;/m1./s1. The van der Waals surface area contributed by atoms with Gasteiger partial charge in [-0.15, -0.1) is 12.4 Å². The highest BCUT2D eigenvalue weighted by atomic mass is 35.5. The van der Waals surface area contributed by atoms with Crippen molar-refractivity contribution < 1.29 is 8.78 Å². The Hall–Kier alpha value is -0.380. The molecule has 0 amide bonds. The van der Waals surface area contributed by atoms with Gasteiger partial charge in [-0.3, -0.25) is 0 Å². The molecule has 1 atom stereocenters. The van der Waals surface area contributed by atoms with Crippen LogP contribution in [0, 0.1) is 17.6 Å². The molecule has 0 saturated heterocycles. The molecule has 2 N–H and O–H groups in total. The molecule has 84 valence electrons. The van der Waals surface area contributed by atoms with E-state index >= 15 is 0 Å². The molecule has 0 heterocycles. The van der Waals surface area contributed by atoms with Crippen molar-refractivity contribution in [3.05, 3.63) is 34.4 Å². The van der Waals surface area contributed by atoms with E-state index in [0.29, 0.717) is 0 Å². The van der Waals surface area contributed by atoms with Crippen LogP contribution in [-0.4, -0.2) is 0 Å². The minimum absolute atomic E-state index is 0. The van der Waals surface area contributed by atoms with Crippen molar-refractivity contribution in [2.45, 2.75) is 18.9 Å². The van der Waals surface area contributed by atoms with Gasteiger partial charge in [0.05, 0.1) is 0 Å². The molecular weight excluding hydrogens is 243 g/mol. The molecule has 0 radical (unpaired) electrons. The summed E-state index contributed by atoms with van der Waals surface area (Å²) in [5.74, 6) is -1.07. The maximum absolute atomic E-state index is 13.3. The summed E-state index contributed by atoms with van der Waals surface area (Å²) < 4.78 is 26.7. The Morgan fingerprint density at radius 1 is 1.27 bits per heavy atom. The molecule has 0 unspecified atom stereocenters. The zero-order chi connectivity index (χ0) is 10.3. The fourth-order valence-corrected chi connectivity index (χ4v) is 1.75. The first-order valence-electron chi connectivity index (χ1n) is 4.49. The first kappa shape index (κ1) is 12.7. The molecule has 1 fully saturated rings. The molecule has 2 rings (SSSR count). The van der Waals surface area contributed by atoms with E-state index in [9.17, 15) is 8.78 Å². The third-order valence-electron chi connectivity index (χ3n) is 2.51. The predicted molar refractivity (Wildman–Crippen MR) is 58.3 cm³/mol. The van der Waals surface area contributed by atoms with Crippen LogP contribution in [0.25, 0.3) is 0 Å². The molecule has 1 aromatic rings. The fourth-order valence-electron chi connectivity index (χ4n) is 1.56. The van der Waals surface area contributed by atoms with Crippen LogP contribution < -0.4 is 5.73 Å².